The van der Waals surface area contributed by atoms with Gasteiger partial charge >= 0.3 is 0 Å². The number of hydrogen-bond donors (Lipinski definition) is 3. The van der Waals surface area contributed by atoms with Crippen LogP contribution in [0.4, 0.5) is 0 Å². The minimum atomic E-state index is -0.698. The fraction of sp³-hybridized carbons (Fsp3) is 0.455. The van der Waals surface area contributed by atoms with E-state index >= 15 is 0 Å². The summed E-state index contributed by atoms with van der Waals surface area (Å²) in [5.74, 6) is 0. The Morgan fingerprint density at radius 3 is 2.61 bits per heavy atom. The number of ether oxygens (including phenoxy) is 3. The van der Waals surface area contributed by atoms with E-state index in [4.69, 9.17) is 25.8 Å². The molecule has 1 aromatic carbocycles. The number of aromatic nitrogens is 3. The van der Waals surface area contributed by atoms with E-state index in [0.29, 0.717) is 34.5 Å². The Balaban J connectivity index is 1.26. The number of aromatic amines is 1. The quantitative estimate of drug-likeness (QED) is 0.568. The van der Waals surface area contributed by atoms with Gasteiger partial charge in [0.25, 0.3) is 6.01 Å². The molecular weight excluding hydrogens is 422 g/mol. The van der Waals surface area contributed by atoms with E-state index in [9.17, 15) is 10.2 Å². The van der Waals surface area contributed by atoms with Gasteiger partial charge in [0.2, 0.25) is 0 Å². The summed E-state index contributed by atoms with van der Waals surface area (Å²) in [6.07, 6.45) is 0.966. The normalized spacial score (nSPS) is 29.1. The Labute approximate surface area is 183 Å². The smallest absolute Gasteiger partial charge is 0.296 e. The molecule has 1 saturated carbocycles. The van der Waals surface area contributed by atoms with E-state index in [1.165, 1.54) is 0 Å². The highest BCUT2D eigenvalue weighted by Crippen LogP contribution is 2.41. The number of aliphatic hydroxyl groups is 2. The van der Waals surface area contributed by atoms with Crippen molar-refractivity contribution in [3.8, 4) is 17.3 Å². The van der Waals surface area contributed by atoms with E-state index in [2.05, 4.69) is 15.0 Å². The van der Waals surface area contributed by atoms with Crippen LogP contribution in [0.2, 0.25) is 5.02 Å². The number of H-pyrrole nitrogens is 1. The minimum absolute atomic E-state index is 0.242. The SMILES string of the molecule is O[C@@H]1CO[C@H]2[C@@H]1OC[C@H]2Oc1nc2nc(-c3ccc(C4(O)CCC4)cc3)c(Cl)cc2[nH]1. The van der Waals surface area contributed by atoms with E-state index in [-0.39, 0.29) is 24.9 Å². The maximum absolute atomic E-state index is 10.5. The molecule has 0 unspecified atom stereocenters. The van der Waals surface area contributed by atoms with Gasteiger partial charge in [-0.1, -0.05) is 35.9 Å². The molecule has 8 nitrogen and oxygen atoms in total. The first kappa shape index (κ1) is 19.5. The van der Waals surface area contributed by atoms with E-state index < -0.39 is 11.7 Å². The number of hydrogen-bond acceptors (Lipinski definition) is 7. The zero-order valence-corrected chi connectivity index (χ0v) is 17.4. The average Bonchev–Trinajstić information content (AvgIpc) is 3.43. The lowest BCUT2D eigenvalue weighted by Gasteiger charge is -2.37. The first-order chi connectivity index (χ1) is 15.0. The van der Waals surface area contributed by atoms with E-state index in [1.54, 1.807) is 6.07 Å². The van der Waals surface area contributed by atoms with Crippen LogP contribution in [-0.4, -0.2) is 62.8 Å². The molecule has 0 bridgehead atoms. The van der Waals surface area contributed by atoms with Crippen LogP contribution in [0.1, 0.15) is 24.8 Å². The number of benzene rings is 1. The van der Waals surface area contributed by atoms with Crippen LogP contribution in [-0.2, 0) is 15.1 Å². The molecule has 0 radical (unpaired) electrons. The molecule has 4 heterocycles. The van der Waals surface area contributed by atoms with Crippen LogP contribution in [0.5, 0.6) is 6.01 Å². The van der Waals surface area contributed by atoms with Crippen molar-refractivity contribution in [1.82, 2.24) is 15.0 Å². The largest absolute Gasteiger partial charge is 0.456 e. The highest BCUT2D eigenvalue weighted by molar-refractivity contribution is 6.33. The van der Waals surface area contributed by atoms with Crippen molar-refractivity contribution in [2.45, 2.75) is 49.3 Å². The molecule has 2 aliphatic heterocycles. The number of aliphatic hydroxyl groups excluding tert-OH is 1. The molecule has 6 rings (SSSR count). The first-order valence-corrected chi connectivity index (χ1v) is 10.9. The van der Waals surface area contributed by atoms with E-state index in [1.807, 2.05) is 24.3 Å². The second-order valence-corrected chi connectivity index (χ2v) is 8.92. The van der Waals surface area contributed by atoms with Gasteiger partial charge in [-0.15, -0.1) is 0 Å². The topological polar surface area (TPSA) is 110 Å². The van der Waals surface area contributed by atoms with Crippen molar-refractivity contribution in [2.24, 2.45) is 0 Å². The lowest BCUT2D eigenvalue weighted by molar-refractivity contribution is -0.0387. The average molecular weight is 444 g/mol. The Morgan fingerprint density at radius 2 is 1.87 bits per heavy atom. The molecule has 3 fully saturated rings. The van der Waals surface area contributed by atoms with Gasteiger partial charge in [-0.3, -0.25) is 0 Å². The van der Waals surface area contributed by atoms with Crippen LogP contribution >= 0.6 is 11.6 Å². The van der Waals surface area contributed by atoms with Gasteiger partial charge in [0.15, 0.2) is 11.8 Å². The van der Waals surface area contributed by atoms with Crippen molar-refractivity contribution >= 4 is 22.8 Å². The third kappa shape index (κ3) is 3.21. The lowest BCUT2D eigenvalue weighted by atomic mass is 9.75. The molecular formula is C22H22ClN3O5. The van der Waals surface area contributed by atoms with Crippen LogP contribution < -0.4 is 4.74 Å². The van der Waals surface area contributed by atoms with Crippen LogP contribution in [0, 0.1) is 0 Å². The Kier molecular flexibility index (Phi) is 4.49. The summed E-state index contributed by atoms with van der Waals surface area (Å²) in [7, 11) is 0. The molecule has 0 spiro atoms. The summed E-state index contributed by atoms with van der Waals surface area (Å²) in [5, 5.41) is 20.9. The summed E-state index contributed by atoms with van der Waals surface area (Å²) < 4.78 is 17.1. The maximum Gasteiger partial charge on any atom is 0.296 e. The second kappa shape index (κ2) is 7.15. The predicted molar refractivity (Wildman–Crippen MR) is 112 cm³/mol. The van der Waals surface area contributed by atoms with Gasteiger partial charge in [-0.2, -0.15) is 4.98 Å². The Morgan fingerprint density at radius 1 is 1.10 bits per heavy atom. The fourth-order valence-corrected chi connectivity index (χ4v) is 4.84. The molecule has 4 atom stereocenters. The zero-order valence-electron chi connectivity index (χ0n) is 16.6. The molecule has 2 saturated heterocycles. The summed E-state index contributed by atoms with van der Waals surface area (Å²) >= 11 is 6.51. The Hall–Kier alpha value is -2.23. The third-order valence-corrected chi connectivity index (χ3v) is 6.81. The van der Waals surface area contributed by atoms with Crippen LogP contribution in [0.3, 0.4) is 0 Å². The number of imidazole rings is 1. The minimum Gasteiger partial charge on any atom is -0.456 e. The van der Waals surface area contributed by atoms with Crippen molar-refractivity contribution in [1.29, 1.82) is 0 Å². The molecule has 3 aliphatic rings. The standard InChI is InChI=1S/C22H22ClN3O5/c23-13-8-14-20(25-17(13)11-2-4-12(5-3-11)22(28)6-1-7-22)26-21(24-14)31-16-10-30-18-15(27)9-29-19(16)18/h2-5,8,15-16,18-19,27-28H,1,6-7,9-10H2,(H,24,25,26)/t15-,16-,18-,19-/m1/s1. The third-order valence-electron chi connectivity index (χ3n) is 6.53. The monoisotopic (exact) mass is 443 g/mol. The summed E-state index contributed by atoms with van der Waals surface area (Å²) in [6.45, 7) is 0.563. The summed E-state index contributed by atoms with van der Waals surface area (Å²) in [6, 6.07) is 9.79. The van der Waals surface area contributed by atoms with Crippen molar-refractivity contribution in [3.63, 3.8) is 0 Å². The molecule has 31 heavy (non-hydrogen) atoms. The van der Waals surface area contributed by atoms with Gasteiger partial charge < -0.3 is 29.4 Å². The van der Waals surface area contributed by atoms with E-state index in [0.717, 1.165) is 30.4 Å². The maximum atomic E-state index is 10.5. The molecule has 3 N–H and O–H groups in total. The van der Waals surface area contributed by atoms with Gasteiger partial charge in [0.05, 0.1) is 35.0 Å². The predicted octanol–water partition coefficient (Wildman–Crippen LogP) is 2.56. The van der Waals surface area contributed by atoms with Crippen LogP contribution in [0.15, 0.2) is 30.3 Å². The molecule has 162 valence electrons. The molecule has 9 heteroatoms. The number of rotatable bonds is 4. The van der Waals surface area contributed by atoms with Crippen molar-refractivity contribution < 1.29 is 24.4 Å². The number of fused-ring (bicyclic) bond motifs is 2. The Bertz CT molecular complexity index is 1130. The van der Waals surface area contributed by atoms with Crippen molar-refractivity contribution in [2.75, 3.05) is 13.2 Å². The first-order valence-electron chi connectivity index (χ1n) is 10.5. The molecule has 1 aliphatic carbocycles. The van der Waals surface area contributed by atoms with Crippen LogP contribution in [0.25, 0.3) is 22.4 Å². The molecule has 0 amide bonds. The van der Waals surface area contributed by atoms with Crippen molar-refractivity contribution in [3.05, 3.63) is 40.9 Å². The van der Waals surface area contributed by atoms with Gasteiger partial charge in [-0.05, 0) is 30.9 Å². The molecule has 3 aromatic rings. The number of nitrogens with one attached hydrogen (secondary N) is 1. The summed E-state index contributed by atoms with van der Waals surface area (Å²) in [5.41, 5.74) is 2.84. The number of pyridine rings is 1. The van der Waals surface area contributed by atoms with Gasteiger partial charge in [0.1, 0.15) is 18.3 Å². The highest BCUT2D eigenvalue weighted by Gasteiger charge is 2.48. The number of halogens is 1. The van der Waals surface area contributed by atoms with Gasteiger partial charge in [-0.25, -0.2) is 4.98 Å². The van der Waals surface area contributed by atoms with Gasteiger partial charge in [0, 0.05) is 5.56 Å². The second-order valence-electron chi connectivity index (χ2n) is 8.51. The molecule has 2 aromatic heterocycles. The zero-order chi connectivity index (χ0) is 21.2. The highest BCUT2D eigenvalue weighted by atomic mass is 35.5. The number of nitrogens with zero attached hydrogens (tertiary/aromatic N) is 2. The fourth-order valence-electron chi connectivity index (χ4n) is 4.58. The summed E-state index contributed by atoms with van der Waals surface area (Å²) in [4.78, 5) is 12.2. The lowest BCUT2D eigenvalue weighted by Crippen LogP contribution is -2.34.